The number of aromatic nitrogens is 2. The molecule has 0 radical (unpaired) electrons. The Kier molecular flexibility index (Phi) is 5.22. The second-order valence-corrected chi connectivity index (χ2v) is 9.62. The van der Waals surface area contributed by atoms with E-state index in [4.69, 9.17) is 4.74 Å². The summed E-state index contributed by atoms with van der Waals surface area (Å²) in [6, 6.07) is 11.9. The van der Waals surface area contributed by atoms with E-state index in [1.165, 1.54) is 23.5 Å². The second kappa shape index (κ2) is 8.04. The predicted molar refractivity (Wildman–Crippen MR) is 118 cm³/mol. The van der Waals surface area contributed by atoms with Gasteiger partial charge in [-0.2, -0.15) is 0 Å². The minimum Gasteiger partial charge on any atom is -0.491 e. The number of nitrogens with zero attached hydrogens (tertiary/aromatic N) is 3. The zero-order chi connectivity index (χ0) is 21.5. The number of benzene rings is 1. The fourth-order valence-corrected chi connectivity index (χ4v) is 5.64. The first-order valence-electron chi connectivity index (χ1n) is 10.6. The van der Waals surface area contributed by atoms with Crippen LogP contribution in [-0.2, 0) is 0 Å². The molecule has 2 atom stereocenters. The van der Waals surface area contributed by atoms with Crippen molar-refractivity contribution < 1.29 is 13.9 Å². The average molecular weight is 438 g/mol. The van der Waals surface area contributed by atoms with Gasteiger partial charge in [0, 0.05) is 12.2 Å². The zero-order valence-electron chi connectivity index (χ0n) is 17.5. The molecule has 7 heteroatoms. The van der Waals surface area contributed by atoms with Crippen LogP contribution in [-0.4, -0.2) is 39.5 Å². The molecule has 2 saturated heterocycles. The van der Waals surface area contributed by atoms with Crippen molar-refractivity contribution >= 4 is 17.2 Å². The van der Waals surface area contributed by atoms with E-state index >= 15 is 0 Å². The number of pyridine rings is 1. The Morgan fingerprint density at radius 3 is 2.71 bits per heavy atom. The number of amides is 1. The maximum absolute atomic E-state index is 13.8. The molecule has 3 aromatic rings. The Labute approximate surface area is 184 Å². The molecule has 31 heavy (non-hydrogen) atoms. The third kappa shape index (κ3) is 3.71. The quantitative estimate of drug-likeness (QED) is 0.566. The van der Waals surface area contributed by atoms with E-state index in [2.05, 4.69) is 16.9 Å². The minimum atomic E-state index is -0.294. The standard InChI is InChI=1S/C24H24FN3O2S/c1-14-16-11-18(12-16)28(21(14)13-30-19-8-6-17(25)7-9-19)24(29)22-23(31-15(2)27-22)20-5-3-4-10-26-20/h3-10,14,16,18,21H,11-13H2,1-2H3. The van der Waals surface area contributed by atoms with Crippen LogP contribution in [0.4, 0.5) is 4.39 Å². The molecule has 0 spiro atoms. The van der Waals surface area contributed by atoms with E-state index in [0.29, 0.717) is 29.9 Å². The van der Waals surface area contributed by atoms with Crippen LogP contribution in [0.1, 0.15) is 35.3 Å². The van der Waals surface area contributed by atoms with E-state index in [9.17, 15) is 9.18 Å². The third-order valence-electron chi connectivity index (χ3n) is 6.55. The molecular formula is C24H24FN3O2S. The topological polar surface area (TPSA) is 55.3 Å². The van der Waals surface area contributed by atoms with Gasteiger partial charge in [0.05, 0.1) is 21.6 Å². The van der Waals surface area contributed by atoms with Crippen molar-refractivity contribution in [1.29, 1.82) is 0 Å². The number of ether oxygens (including phenoxy) is 1. The molecule has 0 N–H and O–H groups in total. The maximum atomic E-state index is 13.8. The van der Waals surface area contributed by atoms with Crippen molar-refractivity contribution in [1.82, 2.24) is 14.9 Å². The molecule has 2 unspecified atom stereocenters. The normalized spacial score (nSPS) is 24.5. The van der Waals surface area contributed by atoms with Crippen molar-refractivity contribution in [2.45, 2.75) is 38.8 Å². The number of hydrogen-bond donors (Lipinski definition) is 0. The van der Waals surface area contributed by atoms with Crippen molar-refractivity contribution in [3.8, 4) is 16.3 Å². The van der Waals surface area contributed by atoms with Crippen LogP contribution in [0, 0.1) is 24.6 Å². The monoisotopic (exact) mass is 437 g/mol. The van der Waals surface area contributed by atoms with Crippen LogP contribution in [0.25, 0.3) is 10.6 Å². The fraction of sp³-hybridized carbons (Fsp3) is 0.375. The summed E-state index contributed by atoms with van der Waals surface area (Å²) in [6.45, 7) is 4.50. The summed E-state index contributed by atoms with van der Waals surface area (Å²) >= 11 is 1.50. The number of halogens is 1. The molecule has 5 nitrogen and oxygen atoms in total. The van der Waals surface area contributed by atoms with Gasteiger partial charge < -0.3 is 9.64 Å². The van der Waals surface area contributed by atoms with E-state index in [1.807, 2.05) is 30.0 Å². The van der Waals surface area contributed by atoms with Gasteiger partial charge in [-0.3, -0.25) is 9.78 Å². The summed E-state index contributed by atoms with van der Waals surface area (Å²) in [5.41, 5.74) is 1.25. The van der Waals surface area contributed by atoms with Gasteiger partial charge >= 0.3 is 0 Å². The van der Waals surface area contributed by atoms with Crippen LogP contribution in [0.5, 0.6) is 5.75 Å². The SMILES string of the molecule is Cc1nc(C(=O)N2C3CC(C3)C(C)C2COc2ccc(F)cc2)c(-c2ccccn2)s1. The molecule has 1 amide bonds. The number of thiazole rings is 1. The molecule has 6 rings (SSSR count). The van der Waals surface area contributed by atoms with Gasteiger partial charge in [0.2, 0.25) is 0 Å². The number of aryl methyl sites for hydroxylation is 1. The molecule has 3 aliphatic rings. The lowest BCUT2D eigenvalue weighted by Gasteiger charge is -2.57. The van der Waals surface area contributed by atoms with Gasteiger partial charge in [-0.05, 0) is 68.0 Å². The van der Waals surface area contributed by atoms with Crippen LogP contribution < -0.4 is 4.74 Å². The smallest absolute Gasteiger partial charge is 0.274 e. The number of piperidine rings is 2. The summed E-state index contributed by atoms with van der Waals surface area (Å²) in [5, 5.41) is 0.847. The number of carbonyl (C=O) groups excluding carboxylic acids is 1. The Bertz CT molecular complexity index is 1080. The van der Waals surface area contributed by atoms with Crippen LogP contribution in [0.15, 0.2) is 48.7 Å². The van der Waals surface area contributed by atoms with E-state index in [0.717, 1.165) is 28.4 Å². The Morgan fingerprint density at radius 1 is 1.23 bits per heavy atom. The molecule has 4 heterocycles. The number of rotatable bonds is 5. The summed E-state index contributed by atoms with van der Waals surface area (Å²) < 4.78 is 19.2. The molecular weight excluding hydrogens is 413 g/mol. The van der Waals surface area contributed by atoms with Crippen molar-refractivity contribution in [2.75, 3.05) is 6.61 Å². The fourth-order valence-electron chi connectivity index (χ4n) is 4.75. The Balaban J connectivity index is 1.43. The summed E-state index contributed by atoms with van der Waals surface area (Å²) in [6.07, 6.45) is 3.79. The molecule has 2 bridgehead atoms. The summed E-state index contributed by atoms with van der Waals surface area (Å²) in [7, 11) is 0. The van der Waals surface area contributed by atoms with Crippen LogP contribution in [0.3, 0.4) is 0 Å². The summed E-state index contributed by atoms with van der Waals surface area (Å²) in [5.74, 6) is 1.21. The van der Waals surface area contributed by atoms with Gasteiger partial charge in [-0.15, -0.1) is 11.3 Å². The first kappa shape index (κ1) is 20.1. The maximum Gasteiger partial charge on any atom is 0.274 e. The number of hydrogen-bond acceptors (Lipinski definition) is 5. The highest BCUT2D eigenvalue weighted by Gasteiger charge is 2.51. The van der Waals surface area contributed by atoms with Gasteiger partial charge in [0.1, 0.15) is 23.9 Å². The number of carbonyl (C=O) groups is 1. The van der Waals surface area contributed by atoms with Gasteiger partial charge in [0.25, 0.3) is 5.91 Å². The van der Waals surface area contributed by atoms with Crippen molar-refractivity contribution in [3.05, 3.63) is 65.2 Å². The highest BCUT2D eigenvalue weighted by molar-refractivity contribution is 7.15. The average Bonchev–Trinajstić information content (AvgIpc) is 3.14. The molecule has 1 saturated carbocycles. The predicted octanol–water partition coefficient (Wildman–Crippen LogP) is 4.97. The highest BCUT2D eigenvalue weighted by atomic mass is 32.1. The second-order valence-electron chi connectivity index (χ2n) is 8.41. The summed E-state index contributed by atoms with van der Waals surface area (Å²) in [4.78, 5) is 25.6. The first-order valence-corrected chi connectivity index (χ1v) is 11.4. The van der Waals surface area contributed by atoms with E-state index < -0.39 is 0 Å². The Morgan fingerprint density at radius 2 is 2.00 bits per heavy atom. The van der Waals surface area contributed by atoms with Crippen molar-refractivity contribution in [3.63, 3.8) is 0 Å². The van der Waals surface area contributed by atoms with Crippen LogP contribution in [0.2, 0.25) is 0 Å². The lowest BCUT2D eigenvalue weighted by molar-refractivity contribution is -0.0672. The molecule has 160 valence electrons. The first-order chi connectivity index (χ1) is 15.0. The molecule has 2 aromatic heterocycles. The Hall–Kier alpha value is -2.80. The highest BCUT2D eigenvalue weighted by Crippen LogP contribution is 2.47. The minimum absolute atomic E-state index is 0.0476. The zero-order valence-corrected chi connectivity index (χ0v) is 18.3. The van der Waals surface area contributed by atoms with Gasteiger partial charge in [0.15, 0.2) is 0 Å². The third-order valence-corrected chi connectivity index (χ3v) is 7.55. The number of fused-ring (bicyclic) bond motifs is 2. The van der Waals surface area contributed by atoms with Crippen LogP contribution >= 0.6 is 11.3 Å². The van der Waals surface area contributed by atoms with Crippen molar-refractivity contribution in [2.24, 2.45) is 11.8 Å². The molecule has 1 aliphatic carbocycles. The lowest BCUT2D eigenvalue weighted by Crippen LogP contribution is -2.64. The molecule has 3 fully saturated rings. The lowest BCUT2D eigenvalue weighted by atomic mass is 9.64. The van der Waals surface area contributed by atoms with Gasteiger partial charge in [-0.1, -0.05) is 13.0 Å². The largest absolute Gasteiger partial charge is 0.491 e. The molecule has 2 aliphatic heterocycles. The van der Waals surface area contributed by atoms with E-state index in [-0.39, 0.29) is 23.8 Å². The van der Waals surface area contributed by atoms with Gasteiger partial charge in [-0.25, -0.2) is 9.37 Å². The molecule has 1 aromatic carbocycles. The van der Waals surface area contributed by atoms with E-state index in [1.54, 1.807) is 18.3 Å².